The number of esters is 1. The molecule has 1 aliphatic rings. The van der Waals surface area contributed by atoms with E-state index in [1.54, 1.807) is 24.3 Å². The molecule has 1 aliphatic heterocycles. The quantitative estimate of drug-likeness (QED) is 0.713. The summed E-state index contributed by atoms with van der Waals surface area (Å²) in [6.07, 6.45) is 0. The predicted octanol–water partition coefficient (Wildman–Crippen LogP) is 3.95. The molecule has 1 heterocycles. The topological polar surface area (TPSA) is 54.0 Å². The van der Waals surface area contributed by atoms with Gasteiger partial charge < -0.3 is 18.9 Å². The van der Waals surface area contributed by atoms with Gasteiger partial charge in [-0.3, -0.25) is 0 Å². The lowest BCUT2D eigenvalue weighted by atomic mass is 10.2. The molecule has 0 aromatic heterocycles. The number of fused-ring (bicyclic) bond motifs is 1. The van der Waals surface area contributed by atoms with Crippen molar-refractivity contribution < 1.29 is 23.7 Å². The first-order chi connectivity index (χ1) is 11.1. The van der Waals surface area contributed by atoms with E-state index in [2.05, 4.69) is 15.9 Å². The monoisotopic (exact) mass is 398 g/mol. The zero-order valence-corrected chi connectivity index (χ0v) is 14.2. The standard InChI is InChI=1S/C16H12BrClO5/c17-11-2-1-3-12(6-11)20-8-15(19)21-7-10-4-13(18)16-14(5-10)22-9-23-16/h1-6H,7-9H2. The average molecular weight is 400 g/mol. The van der Waals surface area contributed by atoms with Crippen LogP contribution in [0.3, 0.4) is 0 Å². The van der Waals surface area contributed by atoms with Crippen molar-refractivity contribution in [3.8, 4) is 17.2 Å². The van der Waals surface area contributed by atoms with Crippen LogP contribution in [0, 0.1) is 0 Å². The minimum atomic E-state index is -0.473. The van der Waals surface area contributed by atoms with Crippen molar-refractivity contribution in [1.82, 2.24) is 0 Å². The van der Waals surface area contributed by atoms with Gasteiger partial charge in [-0.15, -0.1) is 0 Å². The minimum Gasteiger partial charge on any atom is -0.482 e. The van der Waals surface area contributed by atoms with Crippen LogP contribution in [-0.4, -0.2) is 19.4 Å². The van der Waals surface area contributed by atoms with Gasteiger partial charge in [0.25, 0.3) is 0 Å². The summed E-state index contributed by atoms with van der Waals surface area (Å²) in [5.41, 5.74) is 0.718. The summed E-state index contributed by atoms with van der Waals surface area (Å²) in [5, 5.41) is 0.427. The Balaban J connectivity index is 1.52. The summed E-state index contributed by atoms with van der Waals surface area (Å²) in [6.45, 7) is 0.0462. The summed E-state index contributed by atoms with van der Waals surface area (Å²) < 4.78 is 21.9. The number of carbonyl (C=O) groups excluding carboxylic acids is 1. The predicted molar refractivity (Wildman–Crippen MR) is 87.0 cm³/mol. The zero-order valence-electron chi connectivity index (χ0n) is 11.9. The third kappa shape index (κ3) is 4.09. The molecule has 0 atom stereocenters. The molecule has 0 radical (unpaired) electrons. The van der Waals surface area contributed by atoms with Gasteiger partial charge in [-0.05, 0) is 35.9 Å². The van der Waals surface area contributed by atoms with Crippen LogP contribution in [0.25, 0.3) is 0 Å². The maximum absolute atomic E-state index is 11.7. The van der Waals surface area contributed by atoms with Crippen molar-refractivity contribution in [1.29, 1.82) is 0 Å². The van der Waals surface area contributed by atoms with Gasteiger partial charge in [0.1, 0.15) is 12.4 Å². The van der Waals surface area contributed by atoms with Gasteiger partial charge in [-0.1, -0.05) is 33.6 Å². The number of ether oxygens (including phenoxy) is 4. The molecule has 3 rings (SSSR count). The van der Waals surface area contributed by atoms with Crippen LogP contribution in [-0.2, 0) is 16.1 Å². The Kier molecular flexibility index (Phi) is 4.93. The van der Waals surface area contributed by atoms with Crippen molar-refractivity contribution in [3.05, 3.63) is 51.5 Å². The highest BCUT2D eigenvalue weighted by Crippen LogP contribution is 2.39. The number of benzene rings is 2. The normalized spacial score (nSPS) is 12.1. The Morgan fingerprint density at radius 2 is 2.13 bits per heavy atom. The molecular formula is C16H12BrClO5. The molecule has 0 saturated heterocycles. The molecule has 0 saturated carbocycles. The lowest BCUT2D eigenvalue weighted by Crippen LogP contribution is -2.14. The van der Waals surface area contributed by atoms with Crippen molar-refractivity contribution >= 4 is 33.5 Å². The Hall–Kier alpha value is -1.92. The highest BCUT2D eigenvalue weighted by Gasteiger charge is 2.18. The van der Waals surface area contributed by atoms with Crippen LogP contribution in [0.2, 0.25) is 5.02 Å². The SMILES string of the molecule is O=C(COc1cccc(Br)c1)OCc1cc(Cl)c2c(c1)OCO2. The highest BCUT2D eigenvalue weighted by molar-refractivity contribution is 9.10. The van der Waals surface area contributed by atoms with E-state index in [0.717, 1.165) is 10.0 Å². The highest BCUT2D eigenvalue weighted by atomic mass is 79.9. The van der Waals surface area contributed by atoms with Crippen molar-refractivity contribution in [3.63, 3.8) is 0 Å². The molecule has 7 heteroatoms. The van der Waals surface area contributed by atoms with E-state index in [0.29, 0.717) is 22.3 Å². The summed E-state index contributed by atoms with van der Waals surface area (Å²) in [5.74, 6) is 1.18. The van der Waals surface area contributed by atoms with E-state index >= 15 is 0 Å². The number of hydrogen-bond acceptors (Lipinski definition) is 5. The minimum absolute atomic E-state index is 0.0804. The largest absolute Gasteiger partial charge is 0.482 e. The van der Waals surface area contributed by atoms with E-state index in [9.17, 15) is 4.79 Å². The van der Waals surface area contributed by atoms with E-state index < -0.39 is 5.97 Å². The fourth-order valence-electron chi connectivity index (χ4n) is 2.01. The van der Waals surface area contributed by atoms with Gasteiger partial charge in [0.15, 0.2) is 18.1 Å². The molecule has 0 aliphatic carbocycles. The summed E-state index contributed by atoms with van der Waals surface area (Å²) in [4.78, 5) is 11.7. The molecule has 0 amide bonds. The van der Waals surface area contributed by atoms with Crippen molar-refractivity contribution in [2.75, 3.05) is 13.4 Å². The van der Waals surface area contributed by atoms with Gasteiger partial charge in [0, 0.05) is 4.47 Å². The fourth-order valence-corrected chi connectivity index (χ4v) is 2.67. The van der Waals surface area contributed by atoms with Gasteiger partial charge in [0.05, 0.1) is 5.02 Å². The van der Waals surface area contributed by atoms with E-state index in [-0.39, 0.29) is 20.0 Å². The smallest absolute Gasteiger partial charge is 0.344 e. The molecular weight excluding hydrogens is 388 g/mol. The molecule has 0 bridgehead atoms. The van der Waals surface area contributed by atoms with Gasteiger partial charge in [-0.25, -0.2) is 4.79 Å². The van der Waals surface area contributed by atoms with Gasteiger partial charge in [0.2, 0.25) is 6.79 Å². The molecule has 0 N–H and O–H groups in total. The van der Waals surface area contributed by atoms with Gasteiger partial charge >= 0.3 is 5.97 Å². The molecule has 0 unspecified atom stereocenters. The van der Waals surface area contributed by atoms with Crippen LogP contribution >= 0.6 is 27.5 Å². The third-order valence-electron chi connectivity index (χ3n) is 3.04. The van der Waals surface area contributed by atoms with Crippen LogP contribution < -0.4 is 14.2 Å². The molecule has 23 heavy (non-hydrogen) atoms. The Bertz CT molecular complexity index is 734. The maximum Gasteiger partial charge on any atom is 0.344 e. The van der Waals surface area contributed by atoms with E-state index in [1.807, 2.05) is 12.1 Å². The lowest BCUT2D eigenvalue weighted by Gasteiger charge is -2.08. The summed E-state index contributed by atoms with van der Waals surface area (Å²) in [6, 6.07) is 10.6. The first kappa shape index (κ1) is 16.0. The van der Waals surface area contributed by atoms with Crippen LogP contribution in [0.1, 0.15) is 5.56 Å². The van der Waals surface area contributed by atoms with Crippen LogP contribution in [0.5, 0.6) is 17.2 Å². The molecule has 0 fully saturated rings. The third-order valence-corrected chi connectivity index (χ3v) is 3.81. The zero-order chi connectivity index (χ0) is 16.2. The second kappa shape index (κ2) is 7.10. The number of carbonyl (C=O) groups is 1. The lowest BCUT2D eigenvalue weighted by molar-refractivity contribution is -0.147. The average Bonchev–Trinajstić information content (AvgIpc) is 3.00. The number of halogens is 2. The fraction of sp³-hybridized carbons (Fsp3) is 0.188. The summed E-state index contributed by atoms with van der Waals surface area (Å²) in [7, 11) is 0. The number of hydrogen-bond donors (Lipinski definition) is 0. The van der Waals surface area contributed by atoms with Gasteiger partial charge in [-0.2, -0.15) is 0 Å². The second-order valence-electron chi connectivity index (χ2n) is 4.72. The molecule has 0 spiro atoms. The Morgan fingerprint density at radius 1 is 1.26 bits per heavy atom. The molecule has 5 nitrogen and oxygen atoms in total. The van der Waals surface area contributed by atoms with E-state index in [1.165, 1.54) is 0 Å². The molecule has 120 valence electrons. The Morgan fingerprint density at radius 3 is 2.96 bits per heavy atom. The van der Waals surface area contributed by atoms with Crippen molar-refractivity contribution in [2.45, 2.75) is 6.61 Å². The molecule has 2 aromatic carbocycles. The first-order valence-electron chi connectivity index (χ1n) is 6.74. The second-order valence-corrected chi connectivity index (χ2v) is 6.04. The van der Waals surface area contributed by atoms with Crippen LogP contribution in [0.15, 0.2) is 40.9 Å². The Labute approximate surface area is 146 Å². The maximum atomic E-state index is 11.7. The van der Waals surface area contributed by atoms with Crippen molar-refractivity contribution in [2.24, 2.45) is 0 Å². The van der Waals surface area contributed by atoms with Crippen LogP contribution in [0.4, 0.5) is 0 Å². The summed E-state index contributed by atoms with van der Waals surface area (Å²) >= 11 is 9.40. The molecule has 2 aromatic rings. The number of rotatable bonds is 5. The first-order valence-corrected chi connectivity index (χ1v) is 7.91. The van der Waals surface area contributed by atoms with E-state index in [4.69, 9.17) is 30.5 Å².